The van der Waals surface area contributed by atoms with Gasteiger partial charge in [0.25, 0.3) is 0 Å². The molecule has 82 valence electrons. The van der Waals surface area contributed by atoms with E-state index in [2.05, 4.69) is 0 Å². The number of aryl methyl sites for hydroxylation is 1. The van der Waals surface area contributed by atoms with Gasteiger partial charge in [0.2, 0.25) is 5.78 Å². The van der Waals surface area contributed by atoms with Crippen LogP contribution in [-0.4, -0.2) is 5.78 Å². The lowest BCUT2D eigenvalue weighted by atomic mass is 10.1. The molecule has 1 heterocycles. The van der Waals surface area contributed by atoms with Crippen LogP contribution in [0.5, 0.6) is 0 Å². The van der Waals surface area contributed by atoms with Crippen LogP contribution >= 0.6 is 22.9 Å². The molecular weight excluding hydrogens is 247 g/mol. The van der Waals surface area contributed by atoms with Gasteiger partial charge in [-0.3, -0.25) is 4.79 Å². The first kappa shape index (κ1) is 11.3. The number of thiophene rings is 1. The molecule has 1 aromatic heterocycles. The van der Waals surface area contributed by atoms with Crippen LogP contribution in [-0.2, 0) is 0 Å². The predicted molar refractivity (Wildman–Crippen MR) is 63.9 cm³/mol. The Bertz CT molecular complexity index is 548. The molecule has 1 aromatic carbocycles. The quantitative estimate of drug-likeness (QED) is 0.738. The van der Waals surface area contributed by atoms with Crippen molar-refractivity contribution < 1.29 is 9.18 Å². The number of hydrogen-bond donors (Lipinski definition) is 0. The molecule has 0 fully saturated rings. The molecule has 4 heteroatoms. The minimum Gasteiger partial charge on any atom is -0.288 e. The van der Waals surface area contributed by atoms with Crippen molar-refractivity contribution in [3.05, 3.63) is 56.5 Å². The summed E-state index contributed by atoms with van der Waals surface area (Å²) in [6, 6.07) is 7.82. The van der Waals surface area contributed by atoms with E-state index >= 15 is 0 Å². The van der Waals surface area contributed by atoms with Gasteiger partial charge in [0.1, 0.15) is 5.82 Å². The van der Waals surface area contributed by atoms with Crippen molar-refractivity contribution in [2.24, 2.45) is 0 Å². The fourth-order valence-electron chi connectivity index (χ4n) is 1.37. The van der Waals surface area contributed by atoms with E-state index in [0.29, 0.717) is 4.88 Å². The molecule has 0 N–H and O–H groups in total. The molecule has 0 bridgehead atoms. The van der Waals surface area contributed by atoms with Gasteiger partial charge in [-0.25, -0.2) is 4.39 Å². The van der Waals surface area contributed by atoms with Gasteiger partial charge in [-0.1, -0.05) is 17.7 Å². The lowest BCUT2D eigenvalue weighted by Gasteiger charge is -2.01. The van der Waals surface area contributed by atoms with E-state index in [1.54, 1.807) is 6.07 Å². The maximum Gasteiger partial charge on any atom is 0.204 e. The monoisotopic (exact) mass is 254 g/mol. The van der Waals surface area contributed by atoms with E-state index in [1.807, 2.05) is 13.0 Å². The largest absolute Gasteiger partial charge is 0.288 e. The molecule has 0 radical (unpaired) electrons. The summed E-state index contributed by atoms with van der Waals surface area (Å²) in [7, 11) is 0. The summed E-state index contributed by atoms with van der Waals surface area (Å²) in [6.07, 6.45) is 0. The van der Waals surface area contributed by atoms with Crippen LogP contribution < -0.4 is 0 Å². The fraction of sp³-hybridized carbons (Fsp3) is 0.0833. The van der Waals surface area contributed by atoms with E-state index in [1.165, 1.54) is 29.5 Å². The van der Waals surface area contributed by atoms with Crippen LogP contribution in [0.15, 0.2) is 30.3 Å². The summed E-state index contributed by atoms with van der Waals surface area (Å²) in [5, 5.41) is -0.112. The maximum atomic E-state index is 13.2. The first-order valence-electron chi connectivity index (χ1n) is 4.65. The first-order chi connectivity index (χ1) is 7.59. The zero-order valence-electron chi connectivity index (χ0n) is 8.46. The molecular formula is C12H8ClFOS. The Balaban J connectivity index is 2.45. The summed E-state index contributed by atoms with van der Waals surface area (Å²) >= 11 is 7.13. The second-order valence-corrected chi connectivity index (χ2v) is 5.01. The summed E-state index contributed by atoms with van der Waals surface area (Å²) < 4.78 is 13.2. The van der Waals surface area contributed by atoms with Crippen LogP contribution in [0.1, 0.15) is 20.1 Å². The van der Waals surface area contributed by atoms with Crippen molar-refractivity contribution in [2.45, 2.75) is 6.92 Å². The summed E-state index contributed by atoms with van der Waals surface area (Å²) in [6.45, 7) is 1.91. The van der Waals surface area contributed by atoms with E-state index in [0.717, 1.165) is 4.88 Å². The van der Waals surface area contributed by atoms with Crippen molar-refractivity contribution >= 4 is 28.7 Å². The lowest BCUT2D eigenvalue weighted by molar-refractivity contribution is 0.104. The number of halogens is 2. The molecule has 0 aliphatic rings. The van der Waals surface area contributed by atoms with E-state index in [9.17, 15) is 9.18 Å². The minimum atomic E-state index is -0.569. The van der Waals surface area contributed by atoms with Gasteiger partial charge < -0.3 is 0 Å². The highest BCUT2D eigenvalue weighted by atomic mass is 35.5. The second kappa shape index (κ2) is 4.36. The average molecular weight is 255 g/mol. The van der Waals surface area contributed by atoms with Crippen molar-refractivity contribution in [3.8, 4) is 0 Å². The maximum absolute atomic E-state index is 13.2. The van der Waals surface area contributed by atoms with Crippen LogP contribution in [0, 0.1) is 12.7 Å². The summed E-state index contributed by atoms with van der Waals surface area (Å²) in [4.78, 5) is 13.6. The van der Waals surface area contributed by atoms with Crippen LogP contribution in [0.3, 0.4) is 0 Å². The number of hydrogen-bond acceptors (Lipinski definition) is 2. The normalized spacial score (nSPS) is 10.4. The zero-order chi connectivity index (χ0) is 11.7. The molecule has 0 saturated carbocycles. The smallest absolute Gasteiger partial charge is 0.204 e. The van der Waals surface area contributed by atoms with Gasteiger partial charge in [-0.05, 0) is 31.2 Å². The summed E-state index contributed by atoms with van der Waals surface area (Å²) in [5.74, 6) is -0.802. The van der Waals surface area contributed by atoms with Crippen LogP contribution in [0.4, 0.5) is 4.39 Å². The first-order valence-corrected chi connectivity index (χ1v) is 5.84. The van der Waals surface area contributed by atoms with Gasteiger partial charge in [-0.2, -0.15) is 0 Å². The Hall–Kier alpha value is -1.19. The van der Waals surface area contributed by atoms with Crippen LogP contribution in [0.2, 0.25) is 5.02 Å². The number of benzene rings is 1. The van der Waals surface area contributed by atoms with Gasteiger partial charge >= 0.3 is 0 Å². The number of ketones is 1. The van der Waals surface area contributed by atoms with E-state index in [-0.39, 0.29) is 16.4 Å². The van der Waals surface area contributed by atoms with Gasteiger partial charge in [0, 0.05) is 10.4 Å². The van der Waals surface area contributed by atoms with Crippen molar-refractivity contribution in [3.63, 3.8) is 0 Å². The van der Waals surface area contributed by atoms with Gasteiger partial charge in [0.05, 0.1) is 9.90 Å². The van der Waals surface area contributed by atoms with E-state index in [4.69, 9.17) is 11.6 Å². The molecule has 16 heavy (non-hydrogen) atoms. The Morgan fingerprint density at radius 3 is 2.69 bits per heavy atom. The molecule has 0 aliphatic carbocycles. The Morgan fingerprint density at radius 2 is 2.06 bits per heavy atom. The third-order valence-corrected chi connectivity index (χ3v) is 3.54. The standard InChI is InChI=1S/C12H8ClFOS/c1-7-5-6-10(16-7)12(15)8-3-2-4-9(14)11(8)13/h2-6H,1H3. The van der Waals surface area contributed by atoms with Crippen LogP contribution in [0.25, 0.3) is 0 Å². The second-order valence-electron chi connectivity index (χ2n) is 3.34. The third-order valence-electron chi connectivity index (χ3n) is 2.16. The Labute approximate surface area is 101 Å². The van der Waals surface area contributed by atoms with Crippen molar-refractivity contribution in [1.82, 2.24) is 0 Å². The lowest BCUT2D eigenvalue weighted by Crippen LogP contribution is -2.00. The predicted octanol–water partition coefficient (Wildman–Crippen LogP) is 4.08. The third kappa shape index (κ3) is 2.01. The molecule has 2 aromatic rings. The summed E-state index contributed by atoms with van der Waals surface area (Å²) in [5.41, 5.74) is 0.212. The average Bonchev–Trinajstić information content (AvgIpc) is 2.68. The Kier molecular flexibility index (Phi) is 3.08. The molecule has 0 unspecified atom stereocenters. The highest BCUT2D eigenvalue weighted by Crippen LogP contribution is 2.25. The fourth-order valence-corrected chi connectivity index (χ4v) is 2.40. The number of carbonyl (C=O) groups excluding carboxylic acids is 1. The molecule has 0 saturated heterocycles. The minimum absolute atomic E-state index is 0.112. The van der Waals surface area contributed by atoms with Gasteiger partial charge in [0.15, 0.2) is 0 Å². The Morgan fingerprint density at radius 1 is 1.31 bits per heavy atom. The van der Waals surface area contributed by atoms with Crippen molar-refractivity contribution in [1.29, 1.82) is 0 Å². The zero-order valence-corrected chi connectivity index (χ0v) is 10.0. The molecule has 0 atom stereocenters. The topological polar surface area (TPSA) is 17.1 Å². The highest BCUT2D eigenvalue weighted by molar-refractivity contribution is 7.14. The number of rotatable bonds is 2. The number of carbonyl (C=O) groups is 1. The SMILES string of the molecule is Cc1ccc(C(=O)c2cccc(F)c2Cl)s1. The molecule has 0 spiro atoms. The van der Waals surface area contributed by atoms with Crippen molar-refractivity contribution in [2.75, 3.05) is 0 Å². The highest BCUT2D eigenvalue weighted by Gasteiger charge is 2.16. The van der Waals surface area contributed by atoms with Gasteiger partial charge in [-0.15, -0.1) is 11.3 Å². The molecule has 0 aliphatic heterocycles. The van der Waals surface area contributed by atoms with E-state index < -0.39 is 5.82 Å². The molecule has 2 rings (SSSR count). The molecule has 0 amide bonds. The molecule has 1 nitrogen and oxygen atoms in total.